The highest BCUT2D eigenvalue weighted by Gasteiger charge is 2.24. The van der Waals surface area contributed by atoms with E-state index in [1.165, 1.54) is 23.5 Å². The van der Waals surface area contributed by atoms with E-state index in [-0.39, 0.29) is 10.4 Å². The van der Waals surface area contributed by atoms with Gasteiger partial charge in [-0.15, -0.1) is 0 Å². The van der Waals surface area contributed by atoms with E-state index in [0.717, 1.165) is 15.5 Å². The molecule has 1 atom stereocenters. The van der Waals surface area contributed by atoms with Gasteiger partial charge in [0.2, 0.25) is 0 Å². The maximum atomic E-state index is 13.2. The van der Waals surface area contributed by atoms with E-state index >= 15 is 0 Å². The lowest BCUT2D eigenvalue weighted by molar-refractivity contribution is -0.117. The molecule has 0 aromatic heterocycles. The van der Waals surface area contributed by atoms with Crippen LogP contribution >= 0.6 is 58.3 Å². The fourth-order valence-corrected chi connectivity index (χ4v) is 4.77. The zero-order valence-electron chi connectivity index (χ0n) is 15.8. The predicted molar refractivity (Wildman–Crippen MR) is 132 cm³/mol. The van der Waals surface area contributed by atoms with E-state index in [9.17, 15) is 4.79 Å². The smallest absolute Gasteiger partial charge is 0.262 e. The summed E-state index contributed by atoms with van der Waals surface area (Å²) in [4.78, 5) is 21.1. The summed E-state index contributed by atoms with van der Waals surface area (Å²) < 4.78 is 0.263. The first-order valence-corrected chi connectivity index (χ1v) is 11.7. The Kier molecular flexibility index (Phi) is 8.54. The molecule has 3 aromatic carbocycles. The molecule has 0 aliphatic rings. The molecule has 0 saturated heterocycles. The molecule has 0 aliphatic heterocycles. The SMILES string of the molecule is CN(C(=O)C(/N=C(\Cl)Sc1ccc(Cl)cc1)Sc1ccc(Cl)cc1)c1ccccc1. The Bertz CT molecular complexity index is 1010. The number of rotatable bonds is 6. The Balaban J connectivity index is 1.84. The minimum Gasteiger partial charge on any atom is -0.313 e. The number of thioether (sulfide) groups is 2. The Hall–Kier alpha value is -1.63. The van der Waals surface area contributed by atoms with Gasteiger partial charge in [0.25, 0.3) is 5.91 Å². The van der Waals surface area contributed by atoms with Crippen LogP contribution in [0.5, 0.6) is 0 Å². The molecule has 30 heavy (non-hydrogen) atoms. The molecule has 0 spiro atoms. The Morgan fingerprint density at radius 1 is 0.867 bits per heavy atom. The van der Waals surface area contributed by atoms with Crippen LogP contribution in [0, 0.1) is 0 Å². The summed E-state index contributed by atoms with van der Waals surface area (Å²) in [7, 11) is 1.73. The minimum atomic E-state index is -0.760. The number of hydrogen-bond acceptors (Lipinski definition) is 4. The number of nitrogens with zero attached hydrogens (tertiary/aromatic N) is 2. The van der Waals surface area contributed by atoms with Crippen LogP contribution in [0.25, 0.3) is 0 Å². The van der Waals surface area contributed by atoms with Gasteiger partial charge in [-0.05, 0) is 60.7 Å². The number of aliphatic imine (C=N–C) groups is 1. The van der Waals surface area contributed by atoms with Crippen LogP contribution in [0.3, 0.4) is 0 Å². The number of hydrogen-bond donors (Lipinski definition) is 0. The van der Waals surface area contributed by atoms with Crippen molar-refractivity contribution in [3.8, 4) is 0 Å². The van der Waals surface area contributed by atoms with E-state index in [4.69, 9.17) is 34.8 Å². The fourth-order valence-electron chi connectivity index (χ4n) is 2.44. The lowest BCUT2D eigenvalue weighted by Gasteiger charge is -2.21. The first kappa shape index (κ1) is 23.0. The maximum absolute atomic E-state index is 13.2. The highest BCUT2D eigenvalue weighted by molar-refractivity contribution is 8.16. The molecule has 0 N–H and O–H groups in total. The van der Waals surface area contributed by atoms with Gasteiger partial charge in [0, 0.05) is 32.6 Å². The van der Waals surface area contributed by atoms with Crippen LogP contribution in [0.4, 0.5) is 5.69 Å². The number of anilines is 1. The van der Waals surface area contributed by atoms with E-state index < -0.39 is 5.37 Å². The molecule has 3 nitrogen and oxygen atoms in total. The van der Waals surface area contributed by atoms with Gasteiger partial charge in [-0.3, -0.25) is 4.79 Å². The monoisotopic (exact) mass is 494 g/mol. The largest absolute Gasteiger partial charge is 0.313 e. The lowest BCUT2D eigenvalue weighted by Crippen LogP contribution is -2.34. The molecule has 154 valence electrons. The minimum absolute atomic E-state index is 0.184. The molecule has 0 radical (unpaired) electrons. The summed E-state index contributed by atoms with van der Waals surface area (Å²) in [6.07, 6.45) is 0. The van der Waals surface area contributed by atoms with Gasteiger partial charge in [-0.2, -0.15) is 0 Å². The quantitative estimate of drug-likeness (QED) is 0.202. The molecular weight excluding hydrogens is 479 g/mol. The second-order valence-electron chi connectivity index (χ2n) is 6.09. The van der Waals surface area contributed by atoms with Crippen molar-refractivity contribution in [1.82, 2.24) is 0 Å². The number of amides is 1. The van der Waals surface area contributed by atoms with Crippen molar-refractivity contribution in [2.45, 2.75) is 15.2 Å². The molecule has 3 aromatic rings. The van der Waals surface area contributed by atoms with E-state index in [1.807, 2.05) is 54.6 Å². The second-order valence-corrected chi connectivity index (χ2v) is 9.77. The second kappa shape index (κ2) is 11.1. The standard InChI is InChI=1S/C22H17Cl3N2OS2/c1-27(17-5-3-2-4-6-17)21(28)20(29-18-11-7-15(23)8-12-18)26-22(25)30-19-13-9-16(24)10-14-19/h2-14,20H,1H3/b26-22+. The lowest BCUT2D eigenvalue weighted by atomic mass is 10.3. The van der Waals surface area contributed by atoms with Crippen LogP contribution in [-0.2, 0) is 4.79 Å². The fraction of sp³-hybridized carbons (Fsp3) is 0.0909. The van der Waals surface area contributed by atoms with Gasteiger partial charge >= 0.3 is 0 Å². The summed E-state index contributed by atoms with van der Waals surface area (Å²) in [6, 6.07) is 23.9. The average Bonchev–Trinajstić information content (AvgIpc) is 2.76. The number of carbonyl (C=O) groups excluding carboxylic acids is 1. The number of halogens is 3. The van der Waals surface area contributed by atoms with Crippen molar-refractivity contribution < 1.29 is 4.79 Å². The normalized spacial score (nSPS) is 12.5. The summed E-state index contributed by atoms with van der Waals surface area (Å²) in [5.41, 5.74) is 0.779. The van der Waals surface area contributed by atoms with Crippen LogP contribution in [0.1, 0.15) is 0 Å². The summed E-state index contributed by atoms with van der Waals surface area (Å²) >= 11 is 20.9. The van der Waals surface area contributed by atoms with Crippen LogP contribution in [-0.4, -0.2) is 22.8 Å². The molecular formula is C22H17Cl3N2OS2. The highest BCUT2D eigenvalue weighted by Crippen LogP contribution is 2.31. The van der Waals surface area contributed by atoms with Gasteiger partial charge in [0.05, 0.1) is 0 Å². The zero-order chi connectivity index (χ0) is 21.5. The summed E-state index contributed by atoms with van der Waals surface area (Å²) in [5.74, 6) is -0.184. The van der Waals surface area contributed by atoms with Crippen molar-refractivity contribution in [1.29, 1.82) is 0 Å². The highest BCUT2D eigenvalue weighted by atomic mass is 35.5. The van der Waals surface area contributed by atoms with Crippen LogP contribution in [0.15, 0.2) is 93.6 Å². The van der Waals surface area contributed by atoms with Crippen molar-refractivity contribution >= 4 is 74.4 Å². The molecule has 0 heterocycles. The third kappa shape index (κ3) is 6.69. The Labute approximate surface area is 199 Å². The molecule has 3 rings (SSSR count). The molecule has 0 fully saturated rings. The Morgan fingerprint density at radius 2 is 1.40 bits per heavy atom. The third-order valence-electron chi connectivity index (χ3n) is 3.98. The van der Waals surface area contributed by atoms with E-state index in [0.29, 0.717) is 10.0 Å². The van der Waals surface area contributed by atoms with Crippen LogP contribution < -0.4 is 4.90 Å². The number of para-hydroxylation sites is 1. The van der Waals surface area contributed by atoms with Crippen molar-refractivity contribution in [2.75, 3.05) is 11.9 Å². The summed E-state index contributed by atoms with van der Waals surface area (Å²) in [5, 5.41) is 0.510. The number of carbonyl (C=O) groups is 1. The van der Waals surface area contributed by atoms with Gasteiger partial charge in [0.1, 0.15) is 0 Å². The van der Waals surface area contributed by atoms with Crippen molar-refractivity contribution in [3.63, 3.8) is 0 Å². The molecule has 8 heteroatoms. The zero-order valence-corrected chi connectivity index (χ0v) is 19.7. The predicted octanol–water partition coefficient (Wildman–Crippen LogP) is 7.46. The van der Waals surface area contributed by atoms with Gasteiger partial charge < -0.3 is 4.90 Å². The van der Waals surface area contributed by atoms with Crippen molar-refractivity contribution in [2.24, 2.45) is 4.99 Å². The first-order chi connectivity index (χ1) is 14.4. The molecule has 0 bridgehead atoms. The van der Waals surface area contributed by atoms with E-state index in [1.54, 1.807) is 36.2 Å². The Morgan fingerprint density at radius 3 is 1.97 bits per heavy atom. The molecule has 1 amide bonds. The van der Waals surface area contributed by atoms with Crippen molar-refractivity contribution in [3.05, 3.63) is 88.9 Å². The van der Waals surface area contributed by atoms with Crippen LogP contribution in [0.2, 0.25) is 10.0 Å². The maximum Gasteiger partial charge on any atom is 0.262 e. The van der Waals surface area contributed by atoms with E-state index in [2.05, 4.69) is 4.99 Å². The first-order valence-electron chi connectivity index (χ1n) is 8.84. The van der Waals surface area contributed by atoms with Gasteiger partial charge in [-0.1, -0.05) is 76.5 Å². The summed E-state index contributed by atoms with van der Waals surface area (Å²) in [6.45, 7) is 0. The molecule has 0 aliphatic carbocycles. The topological polar surface area (TPSA) is 32.7 Å². The molecule has 0 saturated carbocycles. The van der Waals surface area contributed by atoms with Gasteiger partial charge in [-0.25, -0.2) is 4.99 Å². The average molecular weight is 496 g/mol. The van der Waals surface area contributed by atoms with Gasteiger partial charge in [0.15, 0.2) is 9.88 Å². The number of likely N-dealkylation sites (N-methyl/N-ethyl adjacent to an activating group) is 1. The third-order valence-corrected chi connectivity index (χ3v) is 6.67. The number of benzene rings is 3. The molecule has 1 unspecified atom stereocenters.